The van der Waals surface area contributed by atoms with Gasteiger partial charge in [-0.2, -0.15) is 4.68 Å². The number of nitrogens with zero attached hydrogens (tertiary/aromatic N) is 3. The number of Topliss-reactive ketones (excluding diaryl/α,β-unsaturated/α-hetero) is 1. The molecule has 0 unspecified atom stereocenters. The van der Waals surface area contributed by atoms with E-state index in [0.29, 0.717) is 42.1 Å². The molecule has 0 aliphatic heterocycles. The summed E-state index contributed by atoms with van der Waals surface area (Å²) < 4.78 is 15.0. The van der Waals surface area contributed by atoms with Crippen LogP contribution in [0.4, 0.5) is 0 Å². The SMILES string of the molecule is COc1ccc(-n2c(=O)c(Cl)c([C@@]34CC[C@]5(C)[C@H](CC[C@@H]6[C@@]7(C)CC[C@H](OC(=O)CC(C)(C)C(=O)O)C(C)(C)[C@@H]7CC[C@]65C)C3=C(C(C)C)C(=O)C4)n2CCN)nc1. The first kappa shape index (κ1) is 42.7. The molecule has 0 spiro atoms. The number of nitrogens with two attached hydrogens (primary N) is 1. The van der Waals surface area contributed by atoms with Crippen LogP contribution < -0.4 is 16.0 Å². The molecule has 0 saturated heterocycles. The molecule has 2 aromatic rings. The monoisotopic (exact) mass is 820 g/mol. The number of carbonyl (C=O) groups is 3. The van der Waals surface area contributed by atoms with E-state index >= 15 is 0 Å². The van der Waals surface area contributed by atoms with Crippen LogP contribution in [-0.2, 0) is 31.1 Å². The number of fused-ring (bicyclic) bond motifs is 7. The summed E-state index contributed by atoms with van der Waals surface area (Å²) in [7, 11) is 1.57. The van der Waals surface area contributed by atoms with E-state index in [2.05, 4.69) is 53.5 Å². The smallest absolute Gasteiger partial charge is 0.309 e. The number of hydrogen-bond donors (Lipinski definition) is 2. The lowest BCUT2D eigenvalue weighted by atomic mass is 9.33. The maximum atomic E-state index is 14.5. The molecule has 5 aliphatic rings. The van der Waals surface area contributed by atoms with Gasteiger partial charge >= 0.3 is 11.9 Å². The fourth-order valence-corrected chi connectivity index (χ4v) is 14.2. The summed E-state index contributed by atoms with van der Waals surface area (Å²) in [6, 6.07) is 3.52. The molecule has 12 heteroatoms. The highest BCUT2D eigenvalue weighted by Crippen LogP contribution is 2.77. The number of rotatable bonds is 10. The molecule has 8 atom stereocenters. The van der Waals surface area contributed by atoms with Crippen LogP contribution in [0.2, 0.25) is 5.02 Å². The predicted molar refractivity (Wildman–Crippen MR) is 223 cm³/mol. The van der Waals surface area contributed by atoms with Crippen molar-refractivity contribution in [2.75, 3.05) is 13.7 Å². The van der Waals surface area contributed by atoms with Crippen LogP contribution in [0.3, 0.4) is 0 Å². The minimum atomic E-state index is -1.19. The van der Waals surface area contributed by atoms with E-state index in [0.717, 1.165) is 50.5 Å². The van der Waals surface area contributed by atoms with Crippen molar-refractivity contribution in [2.24, 2.45) is 56.5 Å². The van der Waals surface area contributed by atoms with Gasteiger partial charge in [0.15, 0.2) is 11.6 Å². The Hall–Kier alpha value is -3.44. The highest BCUT2D eigenvalue weighted by molar-refractivity contribution is 6.31. The number of methoxy groups -OCH3 is 1. The van der Waals surface area contributed by atoms with E-state index in [-0.39, 0.29) is 75.4 Å². The number of aliphatic carboxylic acids is 1. The molecule has 0 aromatic carbocycles. The van der Waals surface area contributed by atoms with Crippen molar-refractivity contribution in [3.05, 3.63) is 50.5 Å². The van der Waals surface area contributed by atoms with Gasteiger partial charge in [0.1, 0.15) is 16.9 Å². The van der Waals surface area contributed by atoms with Crippen LogP contribution in [0.15, 0.2) is 34.3 Å². The van der Waals surface area contributed by atoms with E-state index in [1.807, 2.05) is 4.68 Å². The van der Waals surface area contributed by atoms with Crippen LogP contribution in [0.1, 0.15) is 132 Å². The summed E-state index contributed by atoms with van der Waals surface area (Å²) in [6.45, 7) is 20.0. The number of carbonyl (C=O) groups excluding carboxylic acids is 2. The first-order chi connectivity index (χ1) is 27.1. The third-order valence-corrected chi connectivity index (χ3v) is 17.2. The first-order valence-electron chi connectivity index (χ1n) is 21.5. The van der Waals surface area contributed by atoms with E-state index < -0.39 is 22.8 Å². The van der Waals surface area contributed by atoms with E-state index in [9.17, 15) is 24.3 Å². The molecular weight excluding hydrogens is 756 g/mol. The zero-order valence-corrected chi connectivity index (χ0v) is 37.1. The van der Waals surface area contributed by atoms with Crippen LogP contribution in [0.5, 0.6) is 5.75 Å². The van der Waals surface area contributed by atoms with Crippen molar-refractivity contribution in [3.63, 3.8) is 0 Å². The summed E-state index contributed by atoms with van der Waals surface area (Å²) >= 11 is 7.25. The van der Waals surface area contributed by atoms with Crippen LogP contribution in [-0.4, -0.2) is 56.9 Å². The molecule has 7 rings (SSSR count). The first-order valence-corrected chi connectivity index (χ1v) is 21.9. The minimum Gasteiger partial charge on any atom is -0.495 e. The van der Waals surface area contributed by atoms with Gasteiger partial charge in [-0.25, -0.2) is 4.98 Å². The number of esters is 1. The number of ether oxygens (including phenoxy) is 2. The Morgan fingerprint density at radius 1 is 1.00 bits per heavy atom. The molecule has 0 radical (unpaired) electrons. The number of hydrogen-bond acceptors (Lipinski definition) is 8. The Labute approximate surface area is 348 Å². The molecule has 4 saturated carbocycles. The Bertz CT molecular complexity index is 2100. The Morgan fingerprint density at radius 2 is 1.71 bits per heavy atom. The van der Waals surface area contributed by atoms with Crippen LogP contribution in [0.25, 0.3) is 5.82 Å². The number of carboxylic acids is 1. The number of ketones is 1. The molecule has 0 amide bonds. The minimum absolute atomic E-state index is 0.00346. The van der Waals surface area contributed by atoms with Crippen molar-refractivity contribution < 1.29 is 29.0 Å². The highest BCUT2D eigenvalue weighted by atomic mass is 35.5. The van der Waals surface area contributed by atoms with Crippen molar-refractivity contribution in [1.82, 2.24) is 14.3 Å². The number of carboxylic acid groups (broad SMARTS) is 1. The second-order valence-electron chi connectivity index (χ2n) is 20.7. The Kier molecular flexibility index (Phi) is 10.6. The molecule has 58 heavy (non-hydrogen) atoms. The highest BCUT2D eigenvalue weighted by Gasteiger charge is 2.71. The van der Waals surface area contributed by atoms with Crippen molar-refractivity contribution >= 4 is 29.3 Å². The van der Waals surface area contributed by atoms with Crippen LogP contribution >= 0.6 is 11.6 Å². The second-order valence-corrected chi connectivity index (χ2v) is 21.1. The van der Waals surface area contributed by atoms with Gasteiger partial charge in [-0.05, 0) is 128 Å². The maximum absolute atomic E-state index is 14.5. The van der Waals surface area contributed by atoms with Gasteiger partial charge in [0.2, 0.25) is 0 Å². The van der Waals surface area contributed by atoms with E-state index in [1.165, 1.54) is 10.3 Å². The third kappa shape index (κ3) is 6.00. The second kappa shape index (κ2) is 14.3. The number of allylic oxidation sites excluding steroid dienone is 2. The zero-order chi connectivity index (χ0) is 42.5. The normalized spacial score (nSPS) is 34.3. The van der Waals surface area contributed by atoms with Crippen LogP contribution in [0, 0.1) is 50.7 Å². The van der Waals surface area contributed by atoms with Gasteiger partial charge in [-0.1, -0.05) is 60.1 Å². The fraction of sp³-hybridized carbons (Fsp3) is 0.717. The van der Waals surface area contributed by atoms with Crippen molar-refractivity contribution in [3.8, 4) is 11.6 Å². The Balaban J connectivity index is 1.28. The van der Waals surface area contributed by atoms with Gasteiger partial charge < -0.3 is 20.3 Å². The average molecular weight is 821 g/mol. The molecule has 5 aliphatic carbocycles. The lowest BCUT2D eigenvalue weighted by molar-refractivity contribution is -0.232. The molecule has 0 bridgehead atoms. The molecule has 318 valence electrons. The fourth-order valence-electron chi connectivity index (χ4n) is 13.9. The number of halogens is 1. The summed E-state index contributed by atoms with van der Waals surface area (Å²) in [5.74, 6) is 0.535. The molecule has 2 aromatic heterocycles. The topological polar surface area (TPSA) is 156 Å². The molecule has 11 nitrogen and oxygen atoms in total. The third-order valence-electron chi connectivity index (χ3n) is 16.9. The lowest BCUT2D eigenvalue weighted by Crippen LogP contribution is -2.66. The summed E-state index contributed by atoms with van der Waals surface area (Å²) in [4.78, 5) is 58.4. The average Bonchev–Trinajstić information content (AvgIpc) is 3.58. The lowest BCUT2D eigenvalue weighted by Gasteiger charge is -2.72. The standard InChI is InChI=1S/C46H65ClN4O7/c1-26(2)35-29(52)23-46(38-37(47)39(54)51(50(38)22-21-48)33-14-11-27(57-10)25-49-33)20-19-44(8)28(36(35)46)12-13-31-43(7)17-16-32(58-34(53)24-41(3,4)40(55)56)42(5,6)30(43)15-18-45(31,44)9/h11,14,25-26,28,30-32H,12-13,15-24,48H2,1-10H3,(H,55,56)/t28-,30+,31-,32+,43+,44-,45-,46-/m1/s1. The largest absolute Gasteiger partial charge is 0.495 e. The molecule has 4 fully saturated rings. The van der Waals surface area contributed by atoms with Crippen molar-refractivity contribution in [2.45, 2.75) is 145 Å². The van der Waals surface area contributed by atoms with Gasteiger partial charge in [0.25, 0.3) is 5.56 Å². The van der Waals surface area contributed by atoms with E-state index in [1.54, 1.807) is 39.3 Å². The summed E-state index contributed by atoms with van der Waals surface area (Å²) in [5, 5.41) is 9.79. The summed E-state index contributed by atoms with van der Waals surface area (Å²) in [6.07, 6.45) is 8.62. The number of pyridine rings is 1. The van der Waals surface area contributed by atoms with Gasteiger partial charge in [0.05, 0.1) is 37.4 Å². The van der Waals surface area contributed by atoms with Gasteiger partial charge in [-0.15, -0.1) is 0 Å². The quantitative estimate of drug-likeness (QED) is 0.225. The maximum Gasteiger partial charge on any atom is 0.309 e. The van der Waals surface area contributed by atoms with Gasteiger partial charge in [0, 0.05) is 23.8 Å². The zero-order valence-electron chi connectivity index (χ0n) is 36.3. The summed E-state index contributed by atoms with van der Waals surface area (Å²) in [5.41, 5.74) is 6.29. The molecule has 3 N–H and O–H groups in total. The Morgan fingerprint density at radius 3 is 2.31 bits per heavy atom. The van der Waals surface area contributed by atoms with Crippen molar-refractivity contribution in [1.29, 1.82) is 0 Å². The predicted octanol–water partition coefficient (Wildman–Crippen LogP) is 8.30. The molecular formula is C46H65ClN4O7. The van der Waals surface area contributed by atoms with E-state index in [4.69, 9.17) is 26.8 Å². The number of aromatic nitrogens is 3. The van der Waals surface area contributed by atoms with Gasteiger partial charge in [-0.3, -0.25) is 23.9 Å². The molecule has 2 heterocycles.